The molecule has 0 aliphatic carbocycles. The van der Waals surface area contributed by atoms with Crippen LogP contribution >= 0.6 is 23.2 Å². The predicted octanol–water partition coefficient (Wildman–Crippen LogP) is 5.87. The van der Waals surface area contributed by atoms with Gasteiger partial charge in [0.25, 0.3) is 11.8 Å². The molecule has 24 heteroatoms. The van der Waals surface area contributed by atoms with E-state index in [1.165, 1.54) is 0 Å². The molecule has 3 aromatic rings. The molecule has 0 bridgehead atoms. The first-order valence-corrected chi connectivity index (χ1v) is 24.3. The quantitative estimate of drug-likeness (QED) is 0.117. The fourth-order valence-electron chi connectivity index (χ4n) is 9.25. The van der Waals surface area contributed by atoms with E-state index in [1.807, 2.05) is 51.9 Å². The molecule has 4 aliphatic rings. The number of aryl methyl sites for hydroxylation is 1. The van der Waals surface area contributed by atoms with Crippen LogP contribution < -0.4 is 32.5 Å². The minimum absolute atomic E-state index is 0. The van der Waals surface area contributed by atoms with Gasteiger partial charge < -0.3 is 45.0 Å². The lowest BCUT2D eigenvalue weighted by Crippen LogP contribution is -2.59. The number of nitrogens with zero attached hydrogens (tertiary/aromatic N) is 12. The summed E-state index contributed by atoms with van der Waals surface area (Å²) >= 11 is 12.9. The maximum absolute atomic E-state index is 12.4. The molecule has 0 radical (unpaired) electrons. The molecule has 7 N–H and O–H groups in total. The van der Waals surface area contributed by atoms with Crippen LogP contribution in [0.4, 0.5) is 32.9 Å². The average Bonchev–Trinajstić information content (AvgIpc) is 3.77. The second kappa shape index (κ2) is 23.3. The maximum atomic E-state index is 12.4. The van der Waals surface area contributed by atoms with Crippen molar-refractivity contribution in [2.75, 3.05) is 86.7 Å². The first kappa shape index (κ1) is 53.3. The Balaban J connectivity index is 0.000000295. The van der Waals surface area contributed by atoms with Gasteiger partial charge in [-0.2, -0.15) is 0 Å². The number of hydrogen-bond acceptors (Lipinski definition) is 19. The number of nitrogens with one attached hydrogen (secondary N) is 1. The molecular formula is C45H76Cl2N16O6. The van der Waals surface area contributed by atoms with Crippen LogP contribution in [0.15, 0.2) is 4.42 Å². The van der Waals surface area contributed by atoms with E-state index in [0.29, 0.717) is 80.1 Å². The van der Waals surface area contributed by atoms with Gasteiger partial charge in [-0.1, -0.05) is 44.5 Å². The van der Waals surface area contributed by atoms with Crippen LogP contribution in [0.25, 0.3) is 11.6 Å². The average molecular weight is 1010 g/mol. The first-order valence-electron chi connectivity index (χ1n) is 24.5. The summed E-state index contributed by atoms with van der Waals surface area (Å²) in [6, 6.07) is 1.45. The van der Waals surface area contributed by atoms with Crippen molar-refractivity contribution in [3.05, 3.63) is 21.9 Å². The summed E-state index contributed by atoms with van der Waals surface area (Å²) in [5.74, 6) is 6.39. The molecule has 7 rings (SSSR count). The number of carbonyl (C=O) groups is 3. The van der Waals surface area contributed by atoms with Gasteiger partial charge in [0.2, 0.25) is 5.89 Å². The number of carbonyl (C=O) groups excluding carboxylic acids is 3. The summed E-state index contributed by atoms with van der Waals surface area (Å²) in [7, 11) is 0. The van der Waals surface area contributed by atoms with Crippen LogP contribution in [0, 0.1) is 6.92 Å². The van der Waals surface area contributed by atoms with Crippen LogP contribution in [0.3, 0.4) is 0 Å². The largest absolute Gasteiger partial charge is 0.444 e. The van der Waals surface area contributed by atoms with Gasteiger partial charge in [0.05, 0.1) is 0 Å². The fraction of sp³-hybridized carbons (Fsp3) is 0.711. The summed E-state index contributed by atoms with van der Waals surface area (Å²) in [5.41, 5.74) is 13.3. The lowest BCUT2D eigenvalue weighted by molar-refractivity contribution is 0.00848. The summed E-state index contributed by atoms with van der Waals surface area (Å²) in [6.45, 7) is 24.8. The highest BCUT2D eigenvalue weighted by atomic mass is 35.5. The van der Waals surface area contributed by atoms with Crippen LogP contribution in [0.5, 0.6) is 0 Å². The fourth-order valence-corrected chi connectivity index (χ4v) is 9.74. The predicted molar refractivity (Wildman–Crippen MR) is 269 cm³/mol. The minimum Gasteiger partial charge on any atom is -0.444 e. The first-order chi connectivity index (χ1) is 33.1. The molecule has 3 amide bonds. The van der Waals surface area contributed by atoms with E-state index in [9.17, 15) is 14.4 Å². The number of nitrogens with two attached hydrogens (primary N) is 3. The minimum atomic E-state index is -0.637. The van der Waals surface area contributed by atoms with Crippen molar-refractivity contribution in [3.8, 4) is 11.6 Å². The van der Waals surface area contributed by atoms with E-state index in [2.05, 4.69) is 63.6 Å². The van der Waals surface area contributed by atoms with Gasteiger partial charge in [-0.05, 0) is 80.1 Å². The third kappa shape index (κ3) is 13.9. The number of piperidine rings is 2. The molecule has 4 saturated heterocycles. The zero-order chi connectivity index (χ0) is 51.7. The lowest BCUT2D eigenvalue weighted by Gasteiger charge is -2.47. The summed E-state index contributed by atoms with van der Waals surface area (Å²) in [4.78, 5) is 67.0. The Labute approximate surface area is 419 Å². The molecule has 69 heavy (non-hydrogen) atoms. The van der Waals surface area contributed by atoms with Crippen LogP contribution in [-0.2, 0) is 9.47 Å². The van der Waals surface area contributed by atoms with E-state index in [0.717, 1.165) is 71.2 Å². The Morgan fingerprint density at radius 2 is 1.14 bits per heavy atom. The molecule has 4 fully saturated rings. The number of nitrogen functional groups attached to an aromatic ring is 3. The van der Waals surface area contributed by atoms with E-state index in [-0.39, 0.29) is 53.1 Å². The number of halogens is 2. The second-order valence-electron chi connectivity index (χ2n) is 19.6. The number of rotatable bonds is 8. The van der Waals surface area contributed by atoms with Crippen LogP contribution in [-0.4, -0.2) is 169 Å². The smallest absolute Gasteiger partial charge is 0.410 e. The number of aromatic nitrogens is 6. The molecule has 0 aromatic carbocycles. The zero-order valence-corrected chi connectivity index (χ0v) is 42.4. The van der Waals surface area contributed by atoms with Crippen molar-refractivity contribution in [2.45, 2.75) is 144 Å². The highest BCUT2D eigenvalue weighted by molar-refractivity contribution is 6.32. The van der Waals surface area contributed by atoms with Gasteiger partial charge >= 0.3 is 12.2 Å². The molecule has 0 unspecified atom stereocenters. The van der Waals surface area contributed by atoms with Crippen molar-refractivity contribution >= 4 is 64.6 Å². The Bertz CT molecular complexity index is 2240. The Morgan fingerprint density at radius 1 is 0.710 bits per heavy atom. The number of hydrogen-bond donors (Lipinski definition) is 4. The number of ether oxygens (including phenoxy) is 2. The van der Waals surface area contributed by atoms with Crippen molar-refractivity contribution in [3.63, 3.8) is 0 Å². The Hall–Kier alpha value is -5.03. The molecule has 22 nitrogen and oxygen atoms in total. The highest BCUT2D eigenvalue weighted by Gasteiger charge is 2.38. The number of anilines is 4. The SMILES string of the molecule is C.CC[C@H]1CN(c2nc(N)c(-c3nnc(C)o3)nc2Cl)CCN1C1CCN(C(=O)OC(C)(C)C)CC1.CC[C@H]1CN(c2nc(N)c(C(=O)NN)nc2Cl)CCN1C1CCN(C(=O)OC(C)(C)C)CC1.[2H][2H]. The molecule has 2 atom stereocenters. The van der Waals surface area contributed by atoms with Crippen LogP contribution in [0.2, 0.25) is 10.3 Å². The van der Waals surface area contributed by atoms with Gasteiger partial charge in [-0.3, -0.25) is 20.0 Å². The molecule has 7 heterocycles. The van der Waals surface area contributed by atoms with Crippen molar-refractivity contribution < 1.29 is 31.2 Å². The maximum Gasteiger partial charge on any atom is 0.410 e. The van der Waals surface area contributed by atoms with Crippen LogP contribution in [0.1, 0.15) is 121 Å². The zero-order valence-electron chi connectivity index (χ0n) is 42.9. The monoisotopic (exact) mass is 1010 g/mol. The molecule has 386 valence electrons. The molecular weight excluding hydrogens is 932 g/mol. The van der Waals surface area contributed by atoms with Crippen molar-refractivity contribution in [2.24, 2.45) is 5.84 Å². The normalized spacial score (nSPS) is 20.3. The highest BCUT2D eigenvalue weighted by Crippen LogP contribution is 2.34. The second-order valence-corrected chi connectivity index (χ2v) is 20.3. The van der Waals surface area contributed by atoms with E-state index >= 15 is 0 Å². The van der Waals surface area contributed by atoms with E-state index < -0.39 is 17.1 Å². The van der Waals surface area contributed by atoms with Gasteiger partial charge in [-0.25, -0.2) is 35.4 Å². The molecule has 4 aliphatic heterocycles. The Kier molecular flexibility index (Phi) is 18.0. The molecule has 0 saturated carbocycles. The summed E-state index contributed by atoms with van der Waals surface area (Å²) in [6.07, 6.45) is 5.16. The number of amides is 3. The van der Waals surface area contributed by atoms with E-state index in [4.69, 9.17) is 57.4 Å². The van der Waals surface area contributed by atoms with Crippen molar-refractivity contribution in [1.82, 2.24) is 55.2 Å². The van der Waals surface area contributed by atoms with Gasteiger partial charge in [-0.15, -0.1) is 10.2 Å². The van der Waals surface area contributed by atoms with E-state index in [1.54, 1.807) is 11.8 Å². The van der Waals surface area contributed by atoms with Gasteiger partial charge in [0, 0.05) is 99.5 Å². The molecule has 3 aromatic heterocycles. The number of hydrazine groups is 1. The lowest BCUT2D eigenvalue weighted by atomic mass is 9.98. The number of piperazine rings is 2. The molecule has 0 spiro atoms. The standard InChI is InChI=1S/C23H35ClN8O3.C21H35ClN8O3.CH4.H2/c1-6-15-13-31(20-18(24)26-17(19(25)27-20)21-29-28-14(2)34-21)11-12-32(15)16-7-9-30(10-8-16)22(33)35-23(3,4)5;1-5-13-12-29(18-16(22)25-15(17(23)26-18)19(31)27-24)10-11-30(13)14-6-8-28(9-7-14)20(32)33-21(2,3)4;;/h15-16H,6-13H2,1-5H3,(H2,25,27);13-14H,5-12,24H2,1-4H3,(H2,23,26)(H,27,31);1H4;1H/t15-;13-;;/m00../s1/i;;;1+1D. The Morgan fingerprint density at radius 3 is 1.54 bits per heavy atom. The van der Waals surface area contributed by atoms with Gasteiger partial charge in [0.15, 0.2) is 45.0 Å². The third-order valence-electron chi connectivity index (χ3n) is 12.6. The van der Waals surface area contributed by atoms with Gasteiger partial charge in [0.1, 0.15) is 11.2 Å². The topological polar surface area (TPSA) is 270 Å². The number of likely N-dealkylation sites (tertiary alicyclic amines) is 2. The summed E-state index contributed by atoms with van der Waals surface area (Å²) in [5, 5.41) is 8.18. The third-order valence-corrected chi connectivity index (χ3v) is 13.1. The summed E-state index contributed by atoms with van der Waals surface area (Å²) < 4.78 is 26.5. The van der Waals surface area contributed by atoms with Crippen molar-refractivity contribution in [1.29, 1.82) is 0 Å².